The second-order valence-corrected chi connectivity index (χ2v) is 6.48. The van der Waals surface area contributed by atoms with Crippen LogP contribution in [0.25, 0.3) is 0 Å². The molecular formula is C18H23N5O3. The van der Waals surface area contributed by atoms with E-state index < -0.39 is 0 Å². The van der Waals surface area contributed by atoms with E-state index in [0.29, 0.717) is 30.7 Å². The van der Waals surface area contributed by atoms with Crippen LogP contribution in [0.4, 0.5) is 17.5 Å². The fraction of sp³-hybridized carbons (Fsp3) is 0.444. The molecule has 3 heterocycles. The monoisotopic (exact) mass is 357 g/mol. The molecule has 0 aliphatic carbocycles. The smallest absolute Gasteiger partial charge is 0.227 e. The number of nitrogens with two attached hydrogens (primary N) is 1. The zero-order valence-corrected chi connectivity index (χ0v) is 15.0. The van der Waals surface area contributed by atoms with Crippen LogP contribution in [0.5, 0.6) is 11.5 Å². The number of aromatic nitrogens is 2. The predicted octanol–water partition coefficient (Wildman–Crippen LogP) is 1.80. The third-order valence-corrected chi connectivity index (χ3v) is 4.72. The Morgan fingerprint density at radius 2 is 2.04 bits per heavy atom. The first kappa shape index (κ1) is 16.9. The summed E-state index contributed by atoms with van der Waals surface area (Å²) in [5, 5.41) is 3.38. The lowest BCUT2D eigenvalue weighted by atomic mass is 10.2. The molecule has 26 heavy (non-hydrogen) atoms. The van der Waals surface area contributed by atoms with Crippen molar-refractivity contribution in [2.45, 2.75) is 25.7 Å². The van der Waals surface area contributed by atoms with Gasteiger partial charge in [0.1, 0.15) is 5.82 Å². The number of methoxy groups -OCH3 is 2. The number of fused-ring (bicyclic) bond motifs is 1. The molecule has 1 atom stereocenters. The highest BCUT2D eigenvalue weighted by Crippen LogP contribution is 2.34. The van der Waals surface area contributed by atoms with Crippen LogP contribution in [-0.4, -0.2) is 43.3 Å². The second kappa shape index (κ2) is 6.97. The van der Waals surface area contributed by atoms with Gasteiger partial charge in [0.2, 0.25) is 5.95 Å². The van der Waals surface area contributed by atoms with Crippen molar-refractivity contribution >= 4 is 17.5 Å². The number of nitrogens with one attached hydrogen (secondary N) is 1. The predicted molar refractivity (Wildman–Crippen MR) is 98.2 cm³/mol. The molecule has 0 amide bonds. The largest absolute Gasteiger partial charge is 0.493 e. The zero-order valence-electron chi connectivity index (χ0n) is 15.0. The Balaban J connectivity index is 1.66. The summed E-state index contributed by atoms with van der Waals surface area (Å²) in [5.74, 6) is 2.80. The summed E-state index contributed by atoms with van der Waals surface area (Å²) in [4.78, 5) is 11.6. The first-order valence-electron chi connectivity index (χ1n) is 8.65. The van der Waals surface area contributed by atoms with Gasteiger partial charge in [0.15, 0.2) is 11.5 Å². The van der Waals surface area contributed by atoms with E-state index in [-0.39, 0.29) is 6.04 Å². The quantitative estimate of drug-likeness (QED) is 0.837. The van der Waals surface area contributed by atoms with Crippen LogP contribution < -0.4 is 25.4 Å². The molecule has 2 aliphatic heterocycles. The van der Waals surface area contributed by atoms with Crippen LogP contribution in [0.2, 0.25) is 0 Å². The standard InChI is InChI=1S/C18H23N5O3/c1-24-15-4-3-12(7-16(15)25-2)20-17-13-9-26-10-14(13)21-18(22-17)23-6-5-11(19)8-23/h3-4,7,11H,5-6,8-10,19H2,1-2H3,(H,20,21,22). The van der Waals surface area contributed by atoms with Crippen LogP contribution in [0.15, 0.2) is 18.2 Å². The minimum atomic E-state index is 0.172. The maximum Gasteiger partial charge on any atom is 0.227 e. The molecule has 8 nitrogen and oxygen atoms in total. The van der Waals surface area contributed by atoms with Gasteiger partial charge in [-0.3, -0.25) is 0 Å². The molecule has 1 unspecified atom stereocenters. The summed E-state index contributed by atoms with van der Waals surface area (Å²) in [6.07, 6.45) is 0.954. The highest BCUT2D eigenvalue weighted by Gasteiger charge is 2.26. The third-order valence-electron chi connectivity index (χ3n) is 4.72. The molecule has 4 rings (SSSR count). The number of anilines is 3. The average Bonchev–Trinajstić information content (AvgIpc) is 3.30. The van der Waals surface area contributed by atoms with Crippen molar-refractivity contribution in [3.63, 3.8) is 0 Å². The van der Waals surface area contributed by atoms with E-state index in [1.165, 1.54) is 0 Å². The fourth-order valence-corrected chi connectivity index (χ4v) is 3.30. The Hall–Kier alpha value is -2.58. The molecule has 1 aromatic heterocycles. The number of hydrogen-bond donors (Lipinski definition) is 2. The van der Waals surface area contributed by atoms with Gasteiger partial charge in [0.05, 0.1) is 33.1 Å². The minimum absolute atomic E-state index is 0.172. The molecule has 8 heteroatoms. The van der Waals surface area contributed by atoms with Crippen LogP contribution in [-0.2, 0) is 18.0 Å². The van der Waals surface area contributed by atoms with E-state index in [9.17, 15) is 0 Å². The highest BCUT2D eigenvalue weighted by molar-refractivity contribution is 5.65. The van der Waals surface area contributed by atoms with Crippen molar-refractivity contribution in [2.24, 2.45) is 5.73 Å². The SMILES string of the molecule is COc1ccc(Nc2nc(N3CCC(N)C3)nc3c2COC3)cc1OC. The van der Waals surface area contributed by atoms with Gasteiger partial charge in [0, 0.05) is 36.4 Å². The Morgan fingerprint density at radius 1 is 1.19 bits per heavy atom. The summed E-state index contributed by atoms with van der Waals surface area (Å²) in [6, 6.07) is 5.84. The van der Waals surface area contributed by atoms with Crippen molar-refractivity contribution in [3.05, 3.63) is 29.5 Å². The van der Waals surface area contributed by atoms with Crippen molar-refractivity contribution in [2.75, 3.05) is 37.5 Å². The van der Waals surface area contributed by atoms with Crippen molar-refractivity contribution < 1.29 is 14.2 Å². The first-order valence-corrected chi connectivity index (χ1v) is 8.65. The van der Waals surface area contributed by atoms with E-state index >= 15 is 0 Å². The third kappa shape index (κ3) is 3.13. The van der Waals surface area contributed by atoms with Crippen molar-refractivity contribution in [1.29, 1.82) is 0 Å². The molecule has 1 saturated heterocycles. The first-order chi connectivity index (χ1) is 12.7. The number of benzene rings is 1. The second-order valence-electron chi connectivity index (χ2n) is 6.48. The number of nitrogens with zero attached hydrogens (tertiary/aromatic N) is 3. The normalized spacial score (nSPS) is 18.7. The molecule has 2 aromatic rings. The maximum atomic E-state index is 6.03. The van der Waals surface area contributed by atoms with Gasteiger partial charge in [-0.2, -0.15) is 4.98 Å². The van der Waals surface area contributed by atoms with Gasteiger partial charge >= 0.3 is 0 Å². The molecule has 1 aromatic carbocycles. The lowest BCUT2D eigenvalue weighted by Gasteiger charge is -2.19. The Bertz CT molecular complexity index is 814. The molecule has 1 fully saturated rings. The lowest BCUT2D eigenvalue weighted by Crippen LogP contribution is -2.28. The molecular weight excluding hydrogens is 334 g/mol. The van der Waals surface area contributed by atoms with Crippen LogP contribution in [0.3, 0.4) is 0 Å². The summed E-state index contributed by atoms with van der Waals surface area (Å²) in [7, 11) is 3.24. The Labute approximate surface area is 152 Å². The van der Waals surface area contributed by atoms with E-state index in [1.807, 2.05) is 18.2 Å². The summed E-state index contributed by atoms with van der Waals surface area (Å²) in [6.45, 7) is 2.65. The highest BCUT2D eigenvalue weighted by atomic mass is 16.5. The minimum Gasteiger partial charge on any atom is -0.493 e. The molecule has 2 aliphatic rings. The lowest BCUT2D eigenvalue weighted by molar-refractivity contribution is 0.133. The number of hydrogen-bond acceptors (Lipinski definition) is 8. The summed E-state index contributed by atoms with van der Waals surface area (Å²) < 4.78 is 16.3. The average molecular weight is 357 g/mol. The van der Waals surface area contributed by atoms with E-state index in [0.717, 1.165) is 42.3 Å². The molecule has 0 spiro atoms. The van der Waals surface area contributed by atoms with Gasteiger partial charge in [-0.1, -0.05) is 0 Å². The summed E-state index contributed by atoms with van der Waals surface area (Å²) >= 11 is 0. The molecule has 3 N–H and O–H groups in total. The van der Waals surface area contributed by atoms with Crippen LogP contribution in [0.1, 0.15) is 17.7 Å². The van der Waals surface area contributed by atoms with Gasteiger partial charge in [-0.05, 0) is 18.6 Å². The van der Waals surface area contributed by atoms with Gasteiger partial charge in [0.25, 0.3) is 0 Å². The summed E-state index contributed by atoms with van der Waals surface area (Å²) in [5.41, 5.74) is 8.82. The fourth-order valence-electron chi connectivity index (χ4n) is 3.30. The van der Waals surface area contributed by atoms with Crippen molar-refractivity contribution in [1.82, 2.24) is 9.97 Å². The zero-order chi connectivity index (χ0) is 18.1. The molecule has 138 valence electrons. The van der Waals surface area contributed by atoms with Gasteiger partial charge in [-0.25, -0.2) is 4.98 Å². The topological polar surface area (TPSA) is 94.8 Å². The van der Waals surface area contributed by atoms with Crippen LogP contribution >= 0.6 is 0 Å². The molecule has 0 saturated carbocycles. The Kier molecular flexibility index (Phi) is 4.52. The van der Waals surface area contributed by atoms with Crippen molar-refractivity contribution in [3.8, 4) is 11.5 Å². The molecule has 0 bridgehead atoms. The number of ether oxygens (including phenoxy) is 3. The molecule has 0 radical (unpaired) electrons. The van der Waals surface area contributed by atoms with E-state index in [2.05, 4.69) is 15.2 Å². The van der Waals surface area contributed by atoms with E-state index in [4.69, 9.17) is 24.9 Å². The van der Waals surface area contributed by atoms with E-state index in [1.54, 1.807) is 14.2 Å². The number of rotatable bonds is 5. The van der Waals surface area contributed by atoms with Gasteiger partial charge in [-0.15, -0.1) is 0 Å². The van der Waals surface area contributed by atoms with Crippen LogP contribution in [0, 0.1) is 0 Å². The van der Waals surface area contributed by atoms with Gasteiger partial charge < -0.3 is 30.2 Å². The maximum absolute atomic E-state index is 6.03. The Morgan fingerprint density at radius 3 is 2.77 bits per heavy atom.